The highest BCUT2D eigenvalue weighted by molar-refractivity contribution is 7.60. The van der Waals surface area contributed by atoms with E-state index in [-0.39, 0.29) is 4.57 Å². The molecule has 1 fully saturated rings. The third-order valence-electron chi connectivity index (χ3n) is 3.04. The molecular formula is C9H12ClFN2O12P2. The lowest BCUT2D eigenvalue weighted by atomic mass is 10.1. The van der Waals surface area contributed by atoms with E-state index in [9.17, 15) is 33.3 Å². The highest BCUT2D eigenvalue weighted by Gasteiger charge is 2.57. The number of H-pyrrole nitrogens is 1. The Morgan fingerprint density at radius 3 is 2.56 bits per heavy atom. The first kappa shape index (κ1) is 20.8. The zero-order valence-electron chi connectivity index (χ0n) is 13.6. The molecule has 1 aromatic rings. The first-order valence-electron chi connectivity index (χ1n) is 7.02. The number of aliphatic hydroxyl groups is 2. The molecule has 14 nitrogen and oxygen atoms in total. The van der Waals surface area contributed by atoms with Gasteiger partial charge in [-0.15, -0.1) is 0 Å². The topological polar surface area (TPSA) is 218 Å². The Morgan fingerprint density at radius 2 is 2.00 bits per heavy atom. The molecule has 0 saturated carbocycles. The van der Waals surface area contributed by atoms with Gasteiger partial charge >= 0.3 is 21.3 Å². The summed E-state index contributed by atoms with van der Waals surface area (Å²) in [7, 11) is -11.1. The van der Waals surface area contributed by atoms with Gasteiger partial charge in [-0.1, -0.05) is 11.6 Å². The second kappa shape index (κ2) is 7.46. The van der Waals surface area contributed by atoms with Gasteiger partial charge in [0.1, 0.15) is 23.8 Å². The van der Waals surface area contributed by atoms with Crippen molar-refractivity contribution in [2.75, 3.05) is 6.61 Å². The van der Waals surface area contributed by atoms with E-state index >= 15 is 0 Å². The predicted octanol–water partition coefficient (Wildman–Crippen LogP) is -1.67. The molecule has 1 aliphatic rings. The lowest BCUT2D eigenvalue weighted by Crippen LogP contribution is -2.43. The zero-order chi connectivity index (χ0) is 21.7. The molecule has 0 amide bonds. The standard InChI is InChI=1S/C9H12ClFN2O12P2/c10-3-1-13(8(17)12-6(3)16)7-4(14)5(15)9(11,24-7)2-23-27(21,22)25-26(18,19)20/h1,4-5,7,14-15H,2H2,(H,21,22)(H,12,16,17)(H2,18,19,20)/t4-,5+,7-,9-/m1/s1/i7D. The smallest absolute Gasteiger partial charge is 0.385 e. The summed E-state index contributed by atoms with van der Waals surface area (Å²) in [5, 5.41) is 19.1. The fraction of sp³-hybridized carbons (Fsp3) is 0.556. The number of hydrogen-bond donors (Lipinski definition) is 6. The number of rotatable bonds is 6. The van der Waals surface area contributed by atoms with Crippen LogP contribution in [0.4, 0.5) is 4.39 Å². The van der Waals surface area contributed by atoms with Crippen LogP contribution in [-0.2, 0) is 22.7 Å². The van der Waals surface area contributed by atoms with E-state index in [2.05, 4.69) is 13.6 Å². The van der Waals surface area contributed by atoms with Crippen molar-refractivity contribution in [2.24, 2.45) is 0 Å². The summed E-state index contributed by atoms with van der Waals surface area (Å²) in [6.07, 6.45) is -7.82. The average Bonchev–Trinajstić information content (AvgIpc) is 2.69. The largest absolute Gasteiger partial charge is 0.481 e. The van der Waals surface area contributed by atoms with E-state index in [1.165, 1.54) is 0 Å². The second-order valence-corrected chi connectivity index (χ2v) is 8.27. The number of nitrogens with one attached hydrogen (secondary N) is 1. The summed E-state index contributed by atoms with van der Waals surface area (Å²) in [6, 6.07) is 0. The summed E-state index contributed by atoms with van der Waals surface area (Å²) < 4.78 is 56.8. The zero-order valence-corrected chi connectivity index (χ0v) is 15.2. The second-order valence-electron chi connectivity index (χ2n) is 5.04. The van der Waals surface area contributed by atoms with E-state index in [1.54, 1.807) is 4.98 Å². The van der Waals surface area contributed by atoms with Crippen LogP contribution in [0.15, 0.2) is 15.8 Å². The Morgan fingerprint density at radius 1 is 1.41 bits per heavy atom. The molecule has 154 valence electrons. The summed E-state index contributed by atoms with van der Waals surface area (Å²) in [6.45, 7) is -1.77. The van der Waals surface area contributed by atoms with Crippen LogP contribution in [0.5, 0.6) is 0 Å². The molecule has 27 heavy (non-hydrogen) atoms. The highest BCUT2D eigenvalue weighted by Crippen LogP contribution is 2.58. The van der Waals surface area contributed by atoms with E-state index in [0.29, 0.717) is 6.20 Å². The third kappa shape index (κ3) is 5.10. The maximum Gasteiger partial charge on any atom is 0.481 e. The van der Waals surface area contributed by atoms with Gasteiger partial charge in [-0.25, -0.2) is 18.3 Å². The van der Waals surface area contributed by atoms with Crippen LogP contribution < -0.4 is 11.2 Å². The monoisotopic (exact) mass is 457 g/mol. The normalized spacial score (nSPS) is 34.3. The van der Waals surface area contributed by atoms with Crippen LogP contribution >= 0.6 is 27.2 Å². The van der Waals surface area contributed by atoms with E-state index in [1.807, 2.05) is 0 Å². The molecule has 0 aromatic carbocycles. The van der Waals surface area contributed by atoms with E-state index < -0.39 is 62.8 Å². The molecule has 1 aromatic heterocycles. The Bertz CT molecular complexity index is 983. The Hall–Kier alpha value is -0.960. The number of alkyl halides is 1. The predicted molar refractivity (Wildman–Crippen MR) is 81.2 cm³/mol. The Labute approximate surface area is 154 Å². The maximum absolute atomic E-state index is 14.8. The molecule has 0 bridgehead atoms. The maximum atomic E-state index is 14.8. The van der Waals surface area contributed by atoms with Crippen molar-refractivity contribution in [3.63, 3.8) is 0 Å². The third-order valence-corrected chi connectivity index (χ3v) is 5.44. The summed E-state index contributed by atoms with van der Waals surface area (Å²) in [4.78, 5) is 50.8. The van der Waals surface area contributed by atoms with Crippen molar-refractivity contribution >= 4 is 27.2 Å². The van der Waals surface area contributed by atoms with Crippen molar-refractivity contribution in [1.82, 2.24) is 9.55 Å². The number of phosphoric ester groups is 1. The molecular weight excluding hydrogens is 445 g/mol. The van der Waals surface area contributed by atoms with Crippen LogP contribution in [0.1, 0.15) is 7.57 Å². The van der Waals surface area contributed by atoms with Crippen molar-refractivity contribution in [3.05, 3.63) is 32.1 Å². The molecule has 18 heteroatoms. The van der Waals surface area contributed by atoms with Gasteiger partial charge in [0.05, 0.1) is 1.37 Å². The molecule has 5 atom stereocenters. The minimum Gasteiger partial charge on any atom is -0.385 e. The van der Waals surface area contributed by atoms with Crippen LogP contribution in [-0.4, -0.2) is 59.1 Å². The molecule has 1 aliphatic heterocycles. The number of nitrogens with zero attached hydrogens (tertiary/aromatic N) is 1. The van der Waals surface area contributed by atoms with Gasteiger partial charge in [0.2, 0.25) is 0 Å². The fourth-order valence-electron chi connectivity index (χ4n) is 1.91. The molecule has 2 rings (SSSR count). The van der Waals surface area contributed by atoms with Gasteiger partial charge in [-0.2, -0.15) is 4.31 Å². The molecule has 0 radical (unpaired) electrons. The lowest BCUT2D eigenvalue weighted by molar-refractivity contribution is -0.204. The number of aromatic amines is 1. The van der Waals surface area contributed by atoms with Crippen molar-refractivity contribution < 1.29 is 53.4 Å². The SMILES string of the molecule is [2H][C@@]1(n2cc(Cl)c(=O)[nH]c2=O)O[C@](F)(COP(=O)(O)OP(=O)(O)O)[C@@H](O)[C@H]1O. The molecule has 1 saturated heterocycles. The number of phosphoric acid groups is 2. The summed E-state index contributed by atoms with van der Waals surface area (Å²) >= 11 is 5.50. The van der Waals surface area contributed by atoms with Gasteiger partial charge in [-0.3, -0.25) is 18.9 Å². The highest BCUT2D eigenvalue weighted by atomic mass is 35.5. The first-order valence-corrected chi connectivity index (χ1v) is 9.92. The van der Waals surface area contributed by atoms with E-state index in [4.69, 9.17) is 27.7 Å². The molecule has 6 N–H and O–H groups in total. The molecule has 0 spiro atoms. The van der Waals surface area contributed by atoms with Gasteiger partial charge < -0.3 is 29.6 Å². The number of aliphatic hydroxyl groups excluding tert-OH is 2. The minimum atomic E-state index is -5.57. The van der Waals surface area contributed by atoms with Gasteiger partial charge in [0, 0.05) is 6.20 Å². The van der Waals surface area contributed by atoms with Crippen molar-refractivity contribution in [3.8, 4) is 0 Å². The summed E-state index contributed by atoms with van der Waals surface area (Å²) in [5.41, 5.74) is -2.47. The first-order chi connectivity index (χ1) is 12.5. The molecule has 1 unspecified atom stereocenters. The lowest BCUT2D eigenvalue weighted by Gasteiger charge is -2.23. The van der Waals surface area contributed by atoms with Crippen LogP contribution in [0.2, 0.25) is 5.02 Å². The van der Waals surface area contributed by atoms with Gasteiger partial charge in [0.15, 0.2) is 6.20 Å². The quantitative estimate of drug-likeness (QED) is 0.264. The van der Waals surface area contributed by atoms with Crippen LogP contribution in [0.3, 0.4) is 0 Å². The van der Waals surface area contributed by atoms with Gasteiger partial charge in [-0.05, 0) is 0 Å². The van der Waals surface area contributed by atoms with E-state index in [0.717, 1.165) is 0 Å². The fourth-order valence-corrected chi connectivity index (χ4v) is 3.66. The van der Waals surface area contributed by atoms with Crippen LogP contribution in [0, 0.1) is 0 Å². The van der Waals surface area contributed by atoms with Gasteiger partial charge in [0.25, 0.3) is 11.4 Å². The number of halogens is 2. The minimum absolute atomic E-state index is 0.122. The summed E-state index contributed by atoms with van der Waals surface area (Å²) in [5.74, 6) is -3.64. The number of hydrogen-bond acceptors (Lipinski definition) is 9. The number of aromatic nitrogens is 2. The Balaban J connectivity index is 2.34. The van der Waals surface area contributed by atoms with Crippen molar-refractivity contribution in [2.45, 2.75) is 24.3 Å². The van der Waals surface area contributed by atoms with Crippen molar-refractivity contribution in [1.29, 1.82) is 0 Å². The Kier molecular flexibility index (Phi) is 5.74. The average molecular weight is 458 g/mol. The number of ether oxygens (including phenoxy) is 1. The molecule has 0 aliphatic carbocycles. The van der Waals surface area contributed by atoms with Crippen LogP contribution in [0.25, 0.3) is 0 Å². The molecule has 2 heterocycles.